The molecule has 1 fully saturated rings. The third-order valence-electron chi connectivity index (χ3n) is 7.16. The molecule has 3 aromatic carbocycles. The molecule has 228 valence electrons. The van der Waals surface area contributed by atoms with Crippen LogP contribution >= 0.6 is 0 Å². The number of rotatable bonds is 10. The largest absolute Gasteiger partial charge is 0.459 e. The number of carbonyl (C=O) groups is 3. The third kappa shape index (κ3) is 6.71. The van der Waals surface area contributed by atoms with Crippen LogP contribution in [0.25, 0.3) is 11.2 Å². The number of benzene rings is 3. The summed E-state index contributed by atoms with van der Waals surface area (Å²) in [6.45, 7) is 1.30. The lowest BCUT2D eigenvalue weighted by Gasteiger charge is -2.24. The molecule has 1 N–H and O–H groups in total. The normalized spacial score (nSPS) is 19.2. The molecule has 0 spiro atoms. The molecule has 3 heterocycles. The molecule has 0 unspecified atom stereocenters. The van der Waals surface area contributed by atoms with E-state index in [1.54, 1.807) is 59.2 Å². The maximum absolute atomic E-state index is 12.9. The Morgan fingerprint density at radius 2 is 1.51 bits per heavy atom. The van der Waals surface area contributed by atoms with E-state index >= 15 is 0 Å². The van der Waals surface area contributed by atoms with Crippen LogP contribution in [0.1, 0.15) is 39.4 Å². The van der Waals surface area contributed by atoms with Crippen LogP contribution in [0.4, 0.5) is 5.82 Å². The first-order valence-corrected chi connectivity index (χ1v) is 14.2. The first kappa shape index (κ1) is 29.6. The summed E-state index contributed by atoms with van der Waals surface area (Å²) in [5.74, 6) is -1.26. The number of anilines is 1. The highest BCUT2D eigenvalue weighted by Crippen LogP contribution is 2.37. The lowest BCUT2D eigenvalue weighted by Crippen LogP contribution is -2.39. The van der Waals surface area contributed by atoms with Crippen molar-refractivity contribution in [3.63, 3.8) is 0 Å². The average Bonchev–Trinajstić information content (AvgIpc) is 3.65. The Hall–Kier alpha value is -5.46. The molecule has 0 radical (unpaired) electrons. The van der Waals surface area contributed by atoms with Crippen molar-refractivity contribution < 1.29 is 33.3 Å². The van der Waals surface area contributed by atoms with E-state index in [1.165, 1.54) is 19.6 Å². The number of esters is 2. The molecule has 1 aliphatic rings. The minimum Gasteiger partial charge on any atom is -0.459 e. The van der Waals surface area contributed by atoms with E-state index in [9.17, 15) is 14.4 Å². The van der Waals surface area contributed by atoms with Crippen molar-refractivity contribution >= 4 is 34.8 Å². The van der Waals surface area contributed by atoms with Crippen LogP contribution in [0.2, 0.25) is 0 Å². The molecule has 6 rings (SSSR count). The highest BCUT2D eigenvalue weighted by molar-refractivity contribution is 6.06. The smallest absolute Gasteiger partial charge is 0.338 e. The maximum atomic E-state index is 12.9. The summed E-state index contributed by atoms with van der Waals surface area (Å²) < 4.78 is 25.7. The molecular formula is C33H29N5O7. The molecule has 1 saturated heterocycles. The van der Waals surface area contributed by atoms with Crippen LogP contribution in [-0.2, 0) is 30.3 Å². The molecule has 12 heteroatoms. The number of ether oxygens (including phenoxy) is 4. The first-order valence-electron chi connectivity index (χ1n) is 14.2. The van der Waals surface area contributed by atoms with E-state index in [4.69, 9.17) is 18.9 Å². The zero-order valence-electron chi connectivity index (χ0n) is 24.2. The van der Waals surface area contributed by atoms with Crippen LogP contribution in [0.5, 0.6) is 0 Å². The van der Waals surface area contributed by atoms with Gasteiger partial charge in [-0.2, -0.15) is 0 Å². The number of hydrogen-bond donors (Lipinski definition) is 1. The van der Waals surface area contributed by atoms with Gasteiger partial charge in [0.15, 0.2) is 29.3 Å². The van der Waals surface area contributed by atoms with Gasteiger partial charge in [0.25, 0.3) is 5.91 Å². The Balaban J connectivity index is 1.30. The van der Waals surface area contributed by atoms with Gasteiger partial charge in [0.2, 0.25) is 0 Å². The molecule has 12 nitrogen and oxygen atoms in total. The number of nitrogens with one attached hydrogen (secondary N) is 1. The van der Waals surface area contributed by atoms with Crippen molar-refractivity contribution in [2.45, 2.75) is 38.1 Å². The van der Waals surface area contributed by atoms with E-state index in [0.717, 1.165) is 5.56 Å². The Morgan fingerprint density at radius 1 is 0.844 bits per heavy atom. The van der Waals surface area contributed by atoms with Crippen LogP contribution in [-0.4, -0.2) is 62.3 Å². The van der Waals surface area contributed by atoms with Gasteiger partial charge in [-0.15, -0.1) is 0 Å². The highest BCUT2D eigenvalue weighted by atomic mass is 16.6. The predicted octanol–water partition coefficient (Wildman–Crippen LogP) is 4.35. The van der Waals surface area contributed by atoms with E-state index in [1.807, 2.05) is 36.4 Å². The summed E-state index contributed by atoms with van der Waals surface area (Å²) in [4.78, 5) is 51.1. The molecule has 0 saturated carbocycles. The topological polar surface area (TPSA) is 144 Å². The fraction of sp³-hybridized carbons (Fsp3) is 0.212. The second-order valence-electron chi connectivity index (χ2n) is 10.2. The van der Waals surface area contributed by atoms with Crippen molar-refractivity contribution in [2.75, 3.05) is 11.9 Å². The van der Waals surface area contributed by atoms with E-state index in [-0.39, 0.29) is 24.9 Å². The highest BCUT2D eigenvalue weighted by Gasteiger charge is 2.50. The summed E-state index contributed by atoms with van der Waals surface area (Å²) in [6, 6.07) is 26.8. The Bertz CT molecular complexity index is 1780. The molecule has 45 heavy (non-hydrogen) atoms. The number of aromatic nitrogens is 4. The number of amides is 1. The summed E-state index contributed by atoms with van der Waals surface area (Å²) in [6.07, 6.45) is -0.842. The van der Waals surface area contributed by atoms with Crippen LogP contribution in [0.15, 0.2) is 104 Å². The number of nitrogens with zero attached hydrogens (tertiary/aromatic N) is 4. The third-order valence-corrected chi connectivity index (χ3v) is 7.16. The monoisotopic (exact) mass is 607 g/mol. The maximum Gasteiger partial charge on any atom is 0.338 e. The molecule has 5 aromatic rings. The summed E-state index contributed by atoms with van der Waals surface area (Å²) in [5.41, 5.74) is 2.34. The number of imidazole rings is 1. The van der Waals surface area contributed by atoms with Gasteiger partial charge in [0, 0.05) is 12.5 Å². The van der Waals surface area contributed by atoms with Gasteiger partial charge in [-0.3, -0.25) is 14.2 Å². The second-order valence-corrected chi connectivity index (χ2v) is 10.2. The van der Waals surface area contributed by atoms with Crippen LogP contribution < -0.4 is 5.32 Å². The molecule has 2 aromatic heterocycles. The predicted molar refractivity (Wildman–Crippen MR) is 161 cm³/mol. The van der Waals surface area contributed by atoms with Crippen molar-refractivity contribution in [1.82, 2.24) is 19.5 Å². The fourth-order valence-electron chi connectivity index (χ4n) is 5.07. The van der Waals surface area contributed by atoms with E-state index in [0.29, 0.717) is 22.3 Å². The molecule has 1 aliphatic heterocycles. The molecular weight excluding hydrogens is 578 g/mol. The van der Waals surface area contributed by atoms with Gasteiger partial charge in [0.05, 0.1) is 18.5 Å². The van der Waals surface area contributed by atoms with Gasteiger partial charge in [-0.25, -0.2) is 19.7 Å². The lowest BCUT2D eigenvalue weighted by atomic mass is 10.1. The van der Waals surface area contributed by atoms with Gasteiger partial charge < -0.3 is 24.3 Å². The Morgan fingerprint density at radius 3 is 2.20 bits per heavy atom. The fourth-order valence-corrected chi connectivity index (χ4v) is 5.07. The van der Waals surface area contributed by atoms with Crippen molar-refractivity contribution in [1.29, 1.82) is 0 Å². The van der Waals surface area contributed by atoms with Crippen LogP contribution in [0, 0.1) is 0 Å². The van der Waals surface area contributed by atoms with E-state index < -0.39 is 36.5 Å². The first-order chi connectivity index (χ1) is 22.0. The summed E-state index contributed by atoms with van der Waals surface area (Å²) in [7, 11) is 0. The number of carbonyl (C=O) groups excluding carboxylic acids is 3. The average molecular weight is 608 g/mol. The number of hydrogen-bond acceptors (Lipinski definition) is 10. The summed E-state index contributed by atoms with van der Waals surface area (Å²) >= 11 is 0. The van der Waals surface area contributed by atoms with Crippen molar-refractivity contribution in [3.05, 3.63) is 120 Å². The van der Waals surface area contributed by atoms with Gasteiger partial charge >= 0.3 is 11.9 Å². The minimum atomic E-state index is -0.971. The SMILES string of the molecule is CC(=O)O[C@@H]1[C@@H](OCc2ccccc2)[C@H](COC(=O)c2ccccc2)O[C@H]1n1cnc2c(NC(=O)c3ccccc3)ncnc21. The van der Waals surface area contributed by atoms with Crippen molar-refractivity contribution in [3.8, 4) is 0 Å². The standard InChI is InChI=1S/C33H29N5O7/c1-21(39)44-28-27(42-17-22-11-5-2-6-12-22)25(18-43-33(41)24-15-9-4-10-16-24)45-32(28)38-20-36-26-29(34-19-35-30(26)38)37-31(40)23-13-7-3-8-14-23/h2-16,19-20,25,27-28,32H,17-18H2,1H3,(H,34,35,37,40)/t25-,27-,28+,32+/m0/s1. The van der Waals surface area contributed by atoms with E-state index in [2.05, 4.69) is 20.3 Å². The Labute approximate surface area is 257 Å². The van der Waals surface area contributed by atoms with Gasteiger partial charge in [-0.1, -0.05) is 66.7 Å². The quantitative estimate of drug-likeness (QED) is 0.228. The van der Waals surface area contributed by atoms with Crippen LogP contribution in [0.3, 0.4) is 0 Å². The minimum absolute atomic E-state index is 0.179. The zero-order valence-corrected chi connectivity index (χ0v) is 24.2. The zero-order chi connectivity index (χ0) is 31.2. The molecule has 1 amide bonds. The molecule has 0 bridgehead atoms. The van der Waals surface area contributed by atoms with Crippen molar-refractivity contribution in [2.24, 2.45) is 0 Å². The Kier molecular flexibility index (Phi) is 8.85. The van der Waals surface area contributed by atoms with Gasteiger partial charge in [-0.05, 0) is 29.8 Å². The molecule has 4 atom stereocenters. The second kappa shape index (κ2) is 13.5. The van der Waals surface area contributed by atoms with Gasteiger partial charge in [0.1, 0.15) is 25.1 Å². The molecule has 0 aliphatic carbocycles. The lowest BCUT2D eigenvalue weighted by molar-refractivity contribution is -0.158. The number of fused-ring (bicyclic) bond motifs is 1. The summed E-state index contributed by atoms with van der Waals surface area (Å²) in [5, 5.41) is 2.78.